The van der Waals surface area contributed by atoms with Gasteiger partial charge in [-0.3, -0.25) is 0 Å². The first-order chi connectivity index (χ1) is 4.20. The van der Waals surface area contributed by atoms with Crippen molar-refractivity contribution in [3.63, 3.8) is 0 Å². The molecule has 0 saturated carbocycles. The van der Waals surface area contributed by atoms with Gasteiger partial charge in [-0.15, -0.1) is 0 Å². The van der Waals surface area contributed by atoms with Crippen LogP contribution in [0.15, 0.2) is 0 Å². The molecule has 0 aliphatic carbocycles. The van der Waals surface area contributed by atoms with Gasteiger partial charge in [0.1, 0.15) is 24.8 Å². The van der Waals surface area contributed by atoms with E-state index in [1.165, 1.54) is 0 Å². The molecule has 52 valence electrons. The molecule has 0 aromatic rings. The third-order valence-corrected chi connectivity index (χ3v) is 0.813. The summed E-state index contributed by atoms with van der Waals surface area (Å²) in [7, 11) is 0. The predicted octanol–water partition coefficient (Wildman–Crippen LogP) is 0.178. The van der Waals surface area contributed by atoms with Crippen molar-refractivity contribution >= 4 is 12.6 Å². The topological polar surface area (TPSA) is 43.4 Å². The Morgan fingerprint density at radius 1 is 1.11 bits per heavy atom. The van der Waals surface area contributed by atoms with E-state index in [2.05, 4.69) is 0 Å². The molecule has 0 spiro atoms. The first kappa shape index (κ1) is 8.30. The average molecular weight is 130 g/mol. The Labute approximate surface area is 54.0 Å². The molecular weight excluding hydrogens is 120 g/mol. The van der Waals surface area contributed by atoms with Gasteiger partial charge in [-0.2, -0.15) is 0 Å². The van der Waals surface area contributed by atoms with Crippen LogP contribution in [0.25, 0.3) is 0 Å². The number of aldehydes is 2. The predicted molar refractivity (Wildman–Crippen MR) is 32.1 cm³/mol. The molecule has 0 radical (unpaired) electrons. The number of carbonyl (C=O) groups is 2. The van der Waals surface area contributed by atoms with Gasteiger partial charge in [0.05, 0.1) is 0 Å². The molecule has 0 rings (SSSR count). The Hall–Kier alpha value is -0.700. The minimum Gasteiger partial charge on any atom is -0.361 e. The molecule has 0 N–H and O–H groups in total. The van der Waals surface area contributed by atoms with Gasteiger partial charge in [0.15, 0.2) is 0 Å². The number of ether oxygens (including phenoxy) is 1. The van der Waals surface area contributed by atoms with Crippen LogP contribution in [0.3, 0.4) is 0 Å². The maximum atomic E-state index is 9.92. The van der Waals surface area contributed by atoms with Gasteiger partial charge in [0.25, 0.3) is 0 Å². The molecular formula is C6H10O3. The summed E-state index contributed by atoms with van der Waals surface area (Å²) in [6.45, 7) is 3.18. The quantitative estimate of drug-likeness (QED) is 0.510. The zero-order chi connectivity index (χ0) is 7.28. The summed E-state index contributed by atoms with van der Waals surface area (Å²) < 4.78 is 4.81. The SMILES string of the molecule is CC(C=O)OC(C)C=O. The van der Waals surface area contributed by atoms with E-state index >= 15 is 0 Å². The van der Waals surface area contributed by atoms with Crippen LogP contribution in [-0.4, -0.2) is 24.8 Å². The molecule has 0 aromatic heterocycles. The highest BCUT2D eigenvalue weighted by atomic mass is 16.5. The Kier molecular flexibility index (Phi) is 3.88. The van der Waals surface area contributed by atoms with Crippen LogP contribution >= 0.6 is 0 Å². The van der Waals surface area contributed by atoms with Crippen molar-refractivity contribution in [3.8, 4) is 0 Å². The number of rotatable bonds is 4. The van der Waals surface area contributed by atoms with Crippen LogP contribution in [0.1, 0.15) is 13.8 Å². The second-order valence-corrected chi connectivity index (χ2v) is 1.82. The summed E-state index contributed by atoms with van der Waals surface area (Å²) in [5.74, 6) is 0. The fourth-order valence-electron chi connectivity index (χ4n) is 0.403. The molecule has 0 bridgehead atoms. The largest absolute Gasteiger partial charge is 0.361 e. The van der Waals surface area contributed by atoms with E-state index in [4.69, 9.17) is 4.74 Å². The van der Waals surface area contributed by atoms with E-state index in [9.17, 15) is 9.59 Å². The van der Waals surface area contributed by atoms with E-state index in [0.717, 1.165) is 0 Å². The summed E-state index contributed by atoms with van der Waals surface area (Å²) in [5, 5.41) is 0. The second-order valence-electron chi connectivity index (χ2n) is 1.82. The smallest absolute Gasteiger partial charge is 0.148 e. The molecule has 0 aromatic carbocycles. The van der Waals surface area contributed by atoms with Crippen molar-refractivity contribution in [1.82, 2.24) is 0 Å². The van der Waals surface area contributed by atoms with Crippen LogP contribution in [-0.2, 0) is 14.3 Å². The monoisotopic (exact) mass is 130 g/mol. The second kappa shape index (κ2) is 4.21. The van der Waals surface area contributed by atoms with Gasteiger partial charge < -0.3 is 14.3 Å². The van der Waals surface area contributed by atoms with E-state index in [-0.39, 0.29) is 0 Å². The van der Waals surface area contributed by atoms with Crippen LogP contribution < -0.4 is 0 Å². The van der Waals surface area contributed by atoms with Crippen molar-refractivity contribution in [2.24, 2.45) is 0 Å². The molecule has 0 aliphatic heterocycles. The highest BCUT2D eigenvalue weighted by molar-refractivity contribution is 5.58. The molecule has 3 heteroatoms. The lowest BCUT2D eigenvalue weighted by molar-refractivity contribution is -0.127. The Bertz CT molecular complexity index is 88.5. The van der Waals surface area contributed by atoms with E-state index < -0.39 is 12.2 Å². The first-order valence-electron chi connectivity index (χ1n) is 2.76. The van der Waals surface area contributed by atoms with Crippen molar-refractivity contribution in [1.29, 1.82) is 0 Å². The van der Waals surface area contributed by atoms with Crippen molar-refractivity contribution in [2.75, 3.05) is 0 Å². The number of carbonyl (C=O) groups excluding carboxylic acids is 2. The Morgan fingerprint density at radius 3 is 1.67 bits per heavy atom. The number of hydrogen-bond acceptors (Lipinski definition) is 3. The third-order valence-electron chi connectivity index (χ3n) is 0.813. The zero-order valence-electron chi connectivity index (χ0n) is 5.53. The van der Waals surface area contributed by atoms with Crippen LogP contribution in [0.4, 0.5) is 0 Å². The normalized spacial score (nSPS) is 16.2. The lowest BCUT2D eigenvalue weighted by Gasteiger charge is -2.07. The highest BCUT2D eigenvalue weighted by Gasteiger charge is 2.04. The van der Waals surface area contributed by atoms with Gasteiger partial charge in [0, 0.05) is 0 Å². The molecule has 0 aliphatic rings. The fraction of sp³-hybridized carbons (Fsp3) is 0.667. The van der Waals surface area contributed by atoms with Gasteiger partial charge in [0.2, 0.25) is 0 Å². The maximum Gasteiger partial charge on any atom is 0.148 e. The van der Waals surface area contributed by atoms with Crippen LogP contribution in [0, 0.1) is 0 Å². The third kappa shape index (κ3) is 3.85. The summed E-state index contributed by atoms with van der Waals surface area (Å²) in [6.07, 6.45) is 0.343. The van der Waals surface area contributed by atoms with Gasteiger partial charge >= 0.3 is 0 Å². The molecule has 3 nitrogen and oxygen atoms in total. The van der Waals surface area contributed by atoms with Crippen molar-refractivity contribution in [2.45, 2.75) is 26.1 Å². The lowest BCUT2D eigenvalue weighted by atomic mass is 10.4. The lowest BCUT2D eigenvalue weighted by Crippen LogP contribution is -2.18. The van der Waals surface area contributed by atoms with Crippen LogP contribution in [0.5, 0.6) is 0 Å². The fourth-order valence-corrected chi connectivity index (χ4v) is 0.403. The van der Waals surface area contributed by atoms with E-state index in [1.54, 1.807) is 13.8 Å². The molecule has 0 heterocycles. The minimum absolute atomic E-state index is 0.481. The van der Waals surface area contributed by atoms with Gasteiger partial charge in [-0.25, -0.2) is 0 Å². The van der Waals surface area contributed by atoms with E-state index in [0.29, 0.717) is 12.6 Å². The average Bonchev–Trinajstić information content (AvgIpc) is 1.87. The molecule has 2 unspecified atom stereocenters. The molecule has 2 atom stereocenters. The molecule has 0 saturated heterocycles. The molecule has 0 amide bonds. The van der Waals surface area contributed by atoms with Gasteiger partial charge in [-0.05, 0) is 13.8 Å². The Balaban J connectivity index is 3.45. The van der Waals surface area contributed by atoms with Crippen molar-refractivity contribution in [3.05, 3.63) is 0 Å². The Morgan fingerprint density at radius 2 is 1.44 bits per heavy atom. The highest BCUT2D eigenvalue weighted by Crippen LogP contribution is 1.90. The zero-order valence-corrected chi connectivity index (χ0v) is 5.53. The molecule has 9 heavy (non-hydrogen) atoms. The summed E-state index contributed by atoms with van der Waals surface area (Å²) in [6, 6.07) is 0. The summed E-state index contributed by atoms with van der Waals surface area (Å²) in [5.41, 5.74) is 0. The molecule has 0 fully saturated rings. The summed E-state index contributed by atoms with van der Waals surface area (Å²) in [4.78, 5) is 19.8. The van der Waals surface area contributed by atoms with Crippen LogP contribution in [0.2, 0.25) is 0 Å². The van der Waals surface area contributed by atoms with E-state index in [1.807, 2.05) is 0 Å². The standard InChI is InChI=1S/C6H10O3/c1-5(3-7)9-6(2)4-8/h3-6H,1-2H3. The van der Waals surface area contributed by atoms with Gasteiger partial charge in [-0.1, -0.05) is 0 Å². The number of hydrogen-bond donors (Lipinski definition) is 0. The minimum atomic E-state index is -0.481. The maximum absolute atomic E-state index is 9.92. The van der Waals surface area contributed by atoms with Crippen molar-refractivity contribution < 1.29 is 14.3 Å². The summed E-state index contributed by atoms with van der Waals surface area (Å²) >= 11 is 0. The first-order valence-corrected chi connectivity index (χ1v) is 2.76.